The molecule has 1 heteroatoms. The minimum Gasteiger partial charge on any atom is -0.373 e. The van der Waals surface area contributed by atoms with Gasteiger partial charge < -0.3 is 5.11 Å². The van der Waals surface area contributed by atoms with E-state index in [4.69, 9.17) is 0 Å². The van der Waals surface area contributed by atoms with Gasteiger partial charge in [-0.3, -0.25) is 0 Å². The van der Waals surface area contributed by atoms with Crippen LogP contribution in [0.4, 0.5) is 0 Å². The first-order chi connectivity index (χ1) is 10.2. The van der Waals surface area contributed by atoms with Crippen LogP contribution in [0.1, 0.15) is 37.8 Å². The van der Waals surface area contributed by atoms with Crippen LogP contribution in [0.25, 0.3) is 0 Å². The fourth-order valence-corrected chi connectivity index (χ4v) is 2.67. The van der Waals surface area contributed by atoms with Crippen molar-refractivity contribution in [1.82, 2.24) is 0 Å². The average molecular weight is 278 g/mol. The van der Waals surface area contributed by atoms with Crippen molar-refractivity contribution in [3.05, 3.63) is 71.8 Å². The van der Waals surface area contributed by atoms with Gasteiger partial charge in [-0.1, -0.05) is 74.2 Å². The third-order valence-corrected chi connectivity index (χ3v) is 3.96. The maximum absolute atomic E-state index is 11.2. The summed E-state index contributed by atoms with van der Waals surface area (Å²) in [6.45, 7) is 4.21. The molecule has 0 heterocycles. The summed E-state index contributed by atoms with van der Waals surface area (Å²) >= 11 is 0. The summed E-state index contributed by atoms with van der Waals surface area (Å²) in [5.41, 5.74) is 0.709. The van der Waals surface area contributed by atoms with Crippen molar-refractivity contribution in [1.29, 1.82) is 0 Å². The molecule has 0 amide bonds. The Bertz CT molecular complexity index is 603. The molecule has 0 fully saturated rings. The minimum atomic E-state index is -1.10. The quantitative estimate of drug-likeness (QED) is 0.824. The van der Waals surface area contributed by atoms with Crippen molar-refractivity contribution < 1.29 is 5.11 Å². The highest BCUT2D eigenvalue weighted by Gasteiger charge is 2.34. The first-order valence-corrected chi connectivity index (χ1v) is 7.56. The monoisotopic (exact) mass is 278 g/mol. The summed E-state index contributed by atoms with van der Waals surface area (Å²) in [6, 6.07) is 19.6. The number of aliphatic hydroxyl groups is 1. The lowest BCUT2D eigenvalue weighted by atomic mass is 9.78. The highest BCUT2D eigenvalue weighted by atomic mass is 16.3. The molecule has 1 unspecified atom stereocenters. The molecule has 1 N–H and O–H groups in total. The van der Waals surface area contributed by atoms with E-state index in [2.05, 4.69) is 25.7 Å². The molecule has 0 aromatic heterocycles. The Morgan fingerprint density at radius 1 is 0.905 bits per heavy atom. The van der Waals surface area contributed by atoms with Gasteiger partial charge in [0.15, 0.2) is 5.60 Å². The number of rotatable bonds is 4. The van der Waals surface area contributed by atoms with Crippen LogP contribution in [0.3, 0.4) is 0 Å². The first kappa shape index (κ1) is 15.4. The smallest absolute Gasteiger partial charge is 0.154 e. The molecule has 0 aliphatic heterocycles. The highest BCUT2D eigenvalue weighted by Crippen LogP contribution is 2.33. The van der Waals surface area contributed by atoms with Gasteiger partial charge >= 0.3 is 0 Å². The first-order valence-electron chi connectivity index (χ1n) is 7.56. The van der Waals surface area contributed by atoms with Crippen molar-refractivity contribution in [3.63, 3.8) is 0 Å². The van der Waals surface area contributed by atoms with Crippen LogP contribution in [0.5, 0.6) is 0 Å². The fourth-order valence-electron chi connectivity index (χ4n) is 2.67. The van der Waals surface area contributed by atoms with Gasteiger partial charge in [-0.15, -0.1) is 0 Å². The molecule has 0 radical (unpaired) electrons. The predicted molar refractivity (Wildman–Crippen MR) is 87.7 cm³/mol. The number of hydrogen-bond donors (Lipinski definition) is 1. The Kier molecular flexibility index (Phi) is 5.20. The normalized spacial score (nSPS) is 13.3. The zero-order chi connectivity index (χ0) is 15.1. The second-order valence-corrected chi connectivity index (χ2v) is 5.26. The summed E-state index contributed by atoms with van der Waals surface area (Å²) in [6.07, 6.45) is 1.79. The standard InChI is InChI=1S/C20H22O/c1-3-18(4-2)20(21,19-13-9-6-10-14-19)16-15-17-11-7-5-8-12-17/h5-14,18,21H,3-4H2,1-2H3. The molecule has 2 aromatic carbocycles. The summed E-state index contributed by atoms with van der Waals surface area (Å²) in [5.74, 6) is 6.39. The lowest BCUT2D eigenvalue weighted by Gasteiger charge is -2.31. The van der Waals surface area contributed by atoms with Crippen molar-refractivity contribution in [2.75, 3.05) is 0 Å². The molecule has 108 valence electrons. The predicted octanol–water partition coefficient (Wildman–Crippen LogP) is 4.36. The topological polar surface area (TPSA) is 20.2 Å². The van der Waals surface area contributed by atoms with Crippen molar-refractivity contribution in [2.45, 2.75) is 32.3 Å². The molecule has 0 saturated heterocycles. The Morgan fingerprint density at radius 3 is 1.95 bits per heavy atom. The van der Waals surface area contributed by atoms with E-state index in [0.717, 1.165) is 24.0 Å². The molecule has 0 saturated carbocycles. The van der Waals surface area contributed by atoms with E-state index in [1.165, 1.54) is 0 Å². The molecule has 1 nitrogen and oxygen atoms in total. The van der Waals surface area contributed by atoms with Crippen molar-refractivity contribution in [3.8, 4) is 11.8 Å². The molecular weight excluding hydrogens is 256 g/mol. The van der Waals surface area contributed by atoms with Gasteiger partial charge in [-0.05, 0) is 30.5 Å². The van der Waals surface area contributed by atoms with Gasteiger partial charge in [-0.2, -0.15) is 0 Å². The van der Waals surface area contributed by atoms with Crippen molar-refractivity contribution in [2.24, 2.45) is 5.92 Å². The summed E-state index contributed by atoms with van der Waals surface area (Å²) in [5, 5.41) is 11.2. The van der Waals surface area contributed by atoms with Crippen molar-refractivity contribution >= 4 is 0 Å². The van der Waals surface area contributed by atoms with Gasteiger partial charge in [0.2, 0.25) is 0 Å². The van der Waals surface area contributed by atoms with Gasteiger partial charge in [-0.25, -0.2) is 0 Å². The second-order valence-electron chi connectivity index (χ2n) is 5.26. The van der Waals surface area contributed by atoms with Gasteiger partial charge in [0.05, 0.1) is 0 Å². The molecular formula is C20H22O. The van der Waals surface area contributed by atoms with E-state index in [1.807, 2.05) is 60.7 Å². The maximum atomic E-state index is 11.2. The van der Waals surface area contributed by atoms with Crippen LogP contribution >= 0.6 is 0 Å². The molecule has 0 aliphatic carbocycles. The molecule has 21 heavy (non-hydrogen) atoms. The molecule has 0 spiro atoms. The third-order valence-electron chi connectivity index (χ3n) is 3.96. The van der Waals surface area contributed by atoms with E-state index in [0.29, 0.717) is 0 Å². The van der Waals surface area contributed by atoms with Crippen LogP contribution < -0.4 is 0 Å². The summed E-state index contributed by atoms with van der Waals surface area (Å²) in [4.78, 5) is 0. The van der Waals surface area contributed by atoms with Crippen LogP contribution in [-0.4, -0.2) is 5.11 Å². The third kappa shape index (κ3) is 3.54. The fraction of sp³-hybridized carbons (Fsp3) is 0.300. The zero-order valence-electron chi connectivity index (χ0n) is 12.7. The summed E-state index contributed by atoms with van der Waals surface area (Å²) in [7, 11) is 0. The van der Waals surface area contributed by atoms with Crippen LogP contribution in [0.2, 0.25) is 0 Å². The Balaban J connectivity index is 2.45. The minimum absolute atomic E-state index is 0.121. The van der Waals surface area contributed by atoms with Gasteiger partial charge in [0.25, 0.3) is 0 Å². The van der Waals surface area contributed by atoms with E-state index < -0.39 is 5.60 Å². The number of hydrogen-bond acceptors (Lipinski definition) is 1. The molecule has 0 bridgehead atoms. The van der Waals surface area contributed by atoms with E-state index in [9.17, 15) is 5.11 Å². The lowest BCUT2D eigenvalue weighted by molar-refractivity contribution is 0.0300. The zero-order valence-corrected chi connectivity index (χ0v) is 12.7. The second kappa shape index (κ2) is 7.11. The molecule has 1 atom stereocenters. The van der Waals surface area contributed by atoms with Crippen LogP contribution in [-0.2, 0) is 5.60 Å². The van der Waals surface area contributed by atoms with Crippen LogP contribution in [0.15, 0.2) is 60.7 Å². The van der Waals surface area contributed by atoms with Crippen LogP contribution in [0, 0.1) is 17.8 Å². The molecule has 2 rings (SSSR count). The lowest BCUT2D eigenvalue weighted by Crippen LogP contribution is -2.33. The molecule has 2 aromatic rings. The molecule has 0 aliphatic rings. The SMILES string of the molecule is CCC(CC)C(O)(C#Cc1ccccc1)c1ccccc1. The van der Waals surface area contributed by atoms with E-state index >= 15 is 0 Å². The van der Waals surface area contributed by atoms with E-state index in [1.54, 1.807) is 0 Å². The highest BCUT2D eigenvalue weighted by molar-refractivity contribution is 5.40. The Morgan fingerprint density at radius 2 is 1.43 bits per heavy atom. The number of benzene rings is 2. The Hall–Kier alpha value is -2.04. The van der Waals surface area contributed by atoms with Gasteiger partial charge in [0, 0.05) is 11.5 Å². The average Bonchev–Trinajstić information content (AvgIpc) is 2.56. The largest absolute Gasteiger partial charge is 0.373 e. The van der Waals surface area contributed by atoms with E-state index in [-0.39, 0.29) is 5.92 Å². The van der Waals surface area contributed by atoms with Gasteiger partial charge in [0.1, 0.15) is 0 Å². The Labute approximate surface area is 127 Å². The maximum Gasteiger partial charge on any atom is 0.154 e. The summed E-state index contributed by atoms with van der Waals surface area (Å²) < 4.78 is 0.